The van der Waals surface area contributed by atoms with Crippen LogP contribution in [0.4, 0.5) is 4.39 Å². The molecule has 42 heavy (non-hydrogen) atoms. The van der Waals surface area contributed by atoms with Crippen LogP contribution < -0.4 is 10.7 Å². The highest BCUT2D eigenvalue weighted by Gasteiger charge is 2.41. The third-order valence-corrected chi connectivity index (χ3v) is 7.85. The number of likely N-dealkylation sites (N-methyl/N-ethyl adjacent to an activating group) is 1. The maximum atomic E-state index is 14.1. The van der Waals surface area contributed by atoms with Crippen molar-refractivity contribution in [2.24, 2.45) is 5.10 Å². The third-order valence-electron chi connectivity index (χ3n) is 7.85. The lowest BCUT2D eigenvalue weighted by molar-refractivity contribution is -0.138. The Labute approximate surface area is 246 Å². The van der Waals surface area contributed by atoms with Gasteiger partial charge in [0, 0.05) is 39.0 Å². The van der Waals surface area contributed by atoms with Crippen molar-refractivity contribution in [3.05, 3.63) is 82.2 Å². The normalized spacial score (nSPS) is 17.9. The van der Waals surface area contributed by atoms with Crippen molar-refractivity contribution in [1.29, 1.82) is 0 Å². The fraction of sp³-hybridized carbons (Fsp3) is 0.406. The van der Waals surface area contributed by atoms with Gasteiger partial charge in [-0.1, -0.05) is 18.2 Å². The van der Waals surface area contributed by atoms with Crippen LogP contribution in [0.1, 0.15) is 66.7 Å². The summed E-state index contributed by atoms with van der Waals surface area (Å²) in [5, 5.41) is 6.78. The Morgan fingerprint density at radius 1 is 1.17 bits per heavy atom. The Kier molecular flexibility index (Phi) is 11.1. The van der Waals surface area contributed by atoms with Crippen LogP contribution in [0.3, 0.4) is 0 Å². The molecule has 0 aromatic heterocycles. The van der Waals surface area contributed by atoms with E-state index in [4.69, 9.17) is 0 Å². The summed E-state index contributed by atoms with van der Waals surface area (Å²) in [5.41, 5.74) is 6.69. The van der Waals surface area contributed by atoms with Crippen LogP contribution in [0.5, 0.6) is 0 Å². The zero-order chi connectivity index (χ0) is 31.0. The first-order valence-corrected chi connectivity index (χ1v) is 14.0. The summed E-state index contributed by atoms with van der Waals surface area (Å²) >= 11 is 0. The topological polar surface area (TPSA) is 111 Å². The molecule has 3 atom stereocenters. The van der Waals surface area contributed by atoms with Crippen LogP contribution in [0, 0.1) is 12.7 Å². The van der Waals surface area contributed by atoms with Crippen LogP contribution >= 0.6 is 0 Å². The molecule has 2 N–H and O–H groups in total. The highest BCUT2D eigenvalue weighted by molar-refractivity contribution is 5.98. The molecule has 0 radical (unpaired) electrons. The molecule has 1 heterocycles. The smallest absolute Gasteiger partial charge is 0.251 e. The molecule has 0 aliphatic carbocycles. The molecule has 224 valence electrons. The molecule has 0 bridgehead atoms. The lowest BCUT2D eigenvalue weighted by Crippen LogP contribution is -2.52. The highest BCUT2D eigenvalue weighted by Crippen LogP contribution is 2.38. The van der Waals surface area contributed by atoms with Gasteiger partial charge >= 0.3 is 0 Å². The first-order chi connectivity index (χ1) is 20.0. The molecule has 3 rings (SSSR count). The summed E-state index contributed by atoms with van der Waals surface area (Å²) in [4.78, 5) is 53.6. The first-order valence-electron chi connectivity index (χ1n) is 14.0. The molecular weight excluding hydrogens is 537 g/mol. The Hall–Kier alpha value is -4.34. The summed E-state index contributed by atoms with van der Waals surface area (Å²) < 4.78 is 14.1. The second kappa shape index (κ2) is 14.5. The molecule has 0 spiro atoms. The number of nitrogens with zero attached hydrogens (tertiary/aromatic N) is 3. The summed E-state index contributed by atoms with van der Waals surface area (Å²) in [5.74, 6) is -1.22. The quantitative estimate of drug-likeness (QED) is 0.183. The SMILES string of the molecule is CN/N=C(C)\C=C(/C=O)Cc1ccc(C(=O)NCC(=O)N2C(c3cccc(F)c3)CCC2[C@H](C)N(C)C(C)=O)cc1C. The van der Waals surface area contributed by atoms with E-state index in [-0.39, 0.29) is 42.3 Å². The van der Waals surface area contributed by atoms with E-state index in [9.17, 15) is 23.6 Å². The summed E-state index contributed by atoms with van der Waals surface area (Å²) in [7, 11) is 3.38. The molecule has 10 heteroatoms. The molecule has 3 amide bonds. The lowest BCUT2D eigenvalue weighted by atomic mass is 9.98. The number of rotatable bonds is 11. The lowest BCUT2D eigenvalue weighted by Gasteiger charge is -2.37. The van der Waals surface area contributed by atoms with Crippen molar-refractivity contribution in [2.45, 2.75) is 65.1 Å². The van der Waals surface area contributed by atoms with Crippen LogP contribution in [0.2, 0.25) is 0 Å². The van der Waals surface area contributed by atoms with E-state index in [1.165, 1.54) is 19.1 Å². The van der Waals surface area contributed by atoms with Gasteiger partial charge in [0.2, 0.25) is 11.8 Å². The number of hydrazone groups is 1. The zero-order valence-electron chi connectivity index (χ0n) is 25.1. The second-order valence-electron chi connectivity index (χ2n) is 10.7. The number of hydrogen-bond acceptors (Lipinski definition) is 6. The third kappa shape index (κ3) is 7.90. The van der Waals surface area contributed by atoms with Crippen molar-refractivity contribution >= 4 is 29.7 Å². The minimum absolute atomic E-state index is 0.117. The fourth-order valence-corrected chi connectivity index (χ4v) is 5.46. The van der Waals surface area contributed by atoms with Crippen molar-refractivity contribution in [3.8, 4) is 0 Å². The van der Waals surface area contributed by atoms with E-state index in [0.29, 0.717) is 41.7 Å². The number of halogens is 1. The van der Waals surface area contributed by atoms with Crippen LogP contribution in [0.25, 0.3) is 0 Å². The number of allylic oxidation sites excluding steroid dienone is 2. The van der Waals surface area contributed by atoms with Gasteiger partial charge in [-0.3, -0.25) is 19.2 Å². The zero-order valence-corrected chi connectivity index (χ0v) is 25.1. The molecule has 2 aromatic rings. The molecular formula is C32H40FN5O4. The van der Waals surface area contributed by atoms with Gasteiger partial charge in [-0.15, -0.1) is 0 Å². The van der Waals surface area contributed by atoms with E-state index in [1.54, 1.807) is 67.2 Å². The van der Waals surface area contributed by atoms with Crippen molar-refractivity contribution in [2.75, 3.05) is 20.6 Å². The molecule has 1 saturated heterocycles. The number of nitrogens with one attached hydrogen (secondary N) is 2. The molecule has 9 nitrogen and oxygen atoms in total. The van der Waals surface area contributed by atoms with E-state index < -0.39 is 5.91 Å². The molecule has 1 aliphatic rings. The first kappa shape index (κ1) is 32.2. The van der Waals surface area contributed by atoms with Crippen molar-refractivity contribution < 1.29 is 23.6 Å². The standard InChI is InChI=1S/C32H40FN5O4/c1-20-14-27(11-10-25(20)16-24(19-39)15-21(2)36-34-5)32(42)35-18-31(41)38-29(22(3)37(6)23(4)40)12-13-30(38)26-8-7-9-28(33)17-26/h7-11,14-15,17,19,22,29-30,34H,12-13,16,18H2,1-6H3,(H,35,42)/b24-15-,36-21-/t22-,29?,30?/m0/s1. The highest BCUT2D eigenvalue weighted by atomic mass is 19.1. The number of carbonyl (C=O) groups is 4. The number of carbonyl (C=O) groups excluding carboxylic acids is 4. The Bertz CT molecular complexity index is 1390. The number of likely N-dealkylation sites (tertiary alicyclic amines) is 1. The van der Waals surface area contributed by atoms with Gasteiger partial charge in [-0.05, 0) is 86.2 Å². The maximum absolute atomic E-state index is 14.1. The van der Waals surface area contributed by atoms with Gasteiger partial charge in [0.15, 0.2) is 0 Å². The van der Waals surface area contributed by atoms with Gasteiger partial charge in [0.05, 0.1) is 24.3 Å². The van der Waals surface area contributed by atoms with Crippen LogP contribution in [-0.4, -0.2) is 72.2 Å². The van der Waals surface area contributed by atoms with E-state index in [0.717, 1.165) is 17.4 Å². The second-order valence-corrected chi connectivity index (χ2v) is 10.7. The summed E-state index contributed by atoms with van der Waals surface area (Å²) in [6.07, 6.45) is 4.13. The van der Waals surface area contributed by atoms with Gasteiger partial charge in [-0.2, -0.15) is 5.10 Å². The van der Waals surface area contributed by atoms with E-state index >= 15 is 0 Å². The minimum Gasteiger partial charge on any atom is -0.343 e. The van der Waals surface area contributed by atoms with Gasteiger partial charge < -0.3 is 20.5 Å². The predicted octanol–water partition coefficient (Wildman–Crippen LogP) is 3.73. The Balaban J connectivity index is 1.76. The largest absolute Gasteiger partial charge is 0.343 e. The number of aldehydes is 1. The van der Waals surface area contributed by atoms with Crippen LogP contribution in [-0.2, 0) is 20.8 Å². The molecule has 2 aromatic carbocycles. The van der Waals surface area contributed by atoms with Gasteiger partial charge in [0.25, 0.3) is 5.91 Å². The summed E-state index contributed by atoms with van der Waals surface area (Å²) in [6.45, 7) is 6.77. The fourth-order valence-electron chi connectivity index (χ4n) is 5.46. The molecule has 1 aliphatic heterocycles. The predicted molar refractivity (Wildman–Crippen MR) is 160 cm³/mol. The maximum Gasteiger partial charge on any atom is 0.251 e. The monoisotopic (exact) mass is 577 g/mol. The van der Waals surface area contributed by atoms with Crippen molar-refractivity contribution in [1.82, 2.24) is 20.5 Å². The van der Waals surface area contributed by atoms with Crippen LogP contribution in [0.15, 0.2) is 59.2 Å². The van der Waals surface area contributed by atoms with Gasteiger partial charge in [0.1, 0.15) is 12.1 Å². The number of aryl methyl sites for hydroxylation is 1. The number of benzene rings is 2. The average molecular weight is 578 g/mol. The van der Waals surface area contributed by atoms with Crippen molar-refractivity contribution in [3.63, 3.8) is 0 Å². The number of hydrogen-bond donors (Lipinski definition) is 2. The Morgan fingerprint density at radius 3 is 2.52 bits per heavy atom. The minimum atomic E-state index is -0.409. The average Bonchev–Trinajstić information content (AvgIpc) is 3.41. The molecule has 2 unspecified atom stereocenters. The Morgan fingerprint density at radius 2 is 1.90 bits per heavy atom. The number of amides is 3. The van der Waals surface area contributed by atoms with E-state index in [1.807, 2.05) is 13.8 Å². The van der Waals surface area contributed by atoms with Gasteiger partial charge in [-0.25, -0.2) is 4.39 Å². The summed E-state index contributed by atoms with van der Waals surface area (Å²) in [6, 6.07) is 10.4. The molecule has 1 fully saturated rings. The van der Waals surface area contributed by atoms with E-state index in [2.05, 4.69) is 15.8 Å². The molecule has 0 saturated carbocycles.